The molecular weight excluding hydrogens is 441 g/mol. The molecule has 0 saturated carbocycles. The van der Waals surface area contributed by atoms with Crippen molar-refractivity contribution in [1.82, 2.24) is 19.1 Å². The number of fused-ring (bicyclic) bond motifs is 2. The first kappa shape index (κ1) is 19.8. The highest BCUT2D eigenvalue weighted by Crippen LogP contribution is 2.28. The van der Waals surface area contributed by atoms with Crippen LogP contribution in [0.5, 0.6) is 0 Å². The van der Waals surface area contributed by atoms with Crippen molar-refractivity contribution in [3.8, 4) is 0 Å². The molecule has 2 aromatic heterocycles. The molecule has 1 aliphatic heterocycles. The van der Waals surface area contributed by atoms with Crippen molar-refractivity contribution in [1.29, 1.82) is 0 Å². The van der Waals surface area contributed by atoms with Crippen molar-refractivity contribution >= 4 is 37.5 Å². The number of hydrogen-bond donors (Lipinski definition) is 1. The average Bonchev–Trinajstić information content (AvgIpc) is 3.47. The van der Waals surface area contributed by atoms with E-state index in [9.17, 15) is 17.6 Å². The Morgan fingerprint density at radius 3 is 2.77 bits per heavy atom. The highest BCUT2D eigenvalue weighted by Gasteiger charge is 2.32. The molecular formula is C20H16FN5O3S2. The average molecular weight is 458 g/mol. The topological polar surface area (TPSA) is 111 Å². The Kier molecular flexibility index (Phi) is 4.61. The van der Waals surface area contributed by atoms with E-state index in [4.69, 9.17) is 5.73 Å². The summed E-state index contributed by atoms with van der Waals surface area (Å²) in [5.74, 6) is -0.998. The van der Waals surface area contributed by atoms with E-state index >= 15 is 0 Å². The van der Waals surface area contributed by atoms with Gasteiger partial charge in [-0.15, -0.1) is 11.3 Å². The summed E-state index contributed by atoms with van der Waals surface area (Å²) in [5.41, 5.74) is 9.55. The Balaban J connectivity index is 1.37. The summed E-state index contributed by atoms with van der Waals surface area (Å²) in [5, 5.41) is 4.20. The summed E-state index contributed by atoms with van der Waals surface area (Å²) >= 11 is 1.35. The summed E-state index contributed by atoms with van der Waals surface area (Å²) < 4.78 is 41.7. The molecule has 5 rings (SSSR count). The molecule has 0 saturated heterocycles. The third-order valence-electron chi connectivity index (χ3n) is 5.22. The van der Waals surface area contributed by atoms with Crippen LogP contribution in [0.25, 0.3) is 10.2 Å². The minimum atomic E-state index is -3.88. The first-order valence-electron chi connectivity index (χ1n) is 9.29. The first-order chi connectivity index (χ1) is 14.8. The number of halogens is 1. The number of thiazole rings is 1. The second-order valence-electron chi connectivity index (χ2n) is 7.15. The second kappa shape index (κ2) is 7.22. The predicted octanol–water partition coefficient (Wildman–Crippen LogP) is 2.41. The van der Waals surface area contributed by atoms with Crippen molar-refractivity contribution in [2.45, 2.75) is 24.0 Å². The minimum absolute atomic E-state index is 0.104. The number of carbonyl (C=O) groups excluding carboxylic acids is 1. The molecule has 0 fully saturated rings. The molecule has 1 amide bonds. The lowest BCUT2D eigenvalue weighted by molar-refractivity contribution is -0.133. The lowest BCUT2D eigenvalue weighted by Crippen LogP contribution is -2.35. The fraction of sp³-hybridized carbons (Fsp3) is 0.150. The number of nitrogens with zero attached hydrogens (tertiary/aromatic N) is 4. The van der Waals surface area contributed by atoms with Crippen molar-refractivity contribution < 1.29 is 17.6 Å². The van der Waals surface area contributed by atoms with Crippen molar-refractivity contribution in [2.75, 3.05) is 0 Å². The molecule has 0 radical (unpaired) electrons. The SMILES string of the molecule is N[C@@H](C(=O)N1Cc2cn(S(=O)(=O)c3ccc4ncsc4c3)nc2C1)c1ccccc1F. The van der Waals surface area contributed by atoms with Crippen LogP contribution in [0.1, 0.15) is 22.9 Å². The maximum absolute atomic E-state index is 14.0. The monoisotopic (exact) mass is 457 g/mol. The molecule has 3 heterocycles. The van der Waals surface area contributed by atoms with Gasteiger partial charge in [0.25, 0.3) is 10.0 Å². The zero-order valence-electron chi connectivity index (χ0n) is 16.0. The molecule has 8 nitrogen and oxygen atoms in total. The Labute approximate surface area is 180 Å². The summed E-state index contributed by atoms with van der Waals surface area (Å²) in [6, 6.07) is 9.43. The molecule has 11 heteroatoms. The second-order valence-corrected chi connectivity index (χ2v) is 9.84. The van der Waals surface area contributed by atoms with Gasteiger partial charge >= 0.3 is 0 Å². The highest BCUT2D eigenvalue weighted by molar-refractivity contribution is 7.89. The third kappa shape index (κ3) is 3.30. The van der Waals surface area contributed by atoms with Gasteiger partial charge in [-0.2, -0.15) is 17.6 Å². The van der Waals surface area contributed by atoms with Gasteiger partial charge in [-0.1, -0.05) is 18.2 Å². The normalized spacial score (nSPS) is 14.7. The number of rotatable bonds is 4. The van der Waals surface area contributed by atoms with Crippen LogP contribution in [0.2, 0.25) is 0 Å². The van der Waals surface area contributed by atoms with Gasteiger partial charge in [-0.25, -0.2) is 9.37 Å². The summed E-state index contributed by atoms with van der Waals surface area (Å²) in [4.78, 5) is 18.4. The molecule has 158 valence electrons. The Bertz CT molecular complexity index is 1410. The predicted molar refractivity (Wildman–Crippen MR) is 112 cm³/mol. The molecule has 0 unspecified atom stereocenters. The van der Waals surface area contributed by atoms with Crippen LogP contribution in [0.3, 0.4) is 0 Å². The van der Waals surface area contributed by atoms with Crippen LogP contribution in [0.4, 0.5) is 4.39 Å². The largest absolute Gasteiger partial charge is 0.331 e. The smallest absolute Gasteiger partial charge is 0.283 e. The fourth-order valence-electron chi connectivity index (χ4n) is 3.57. The van der Waals surface area contributed by atoms with Crippen molar-refractivity contribution in [3.05, 3.63) is 76.8 Å². The maximum atomic E-state index is 14.0. The zero-order valence-corrected chi connectivity index (χ0v) is 17.6. The van der Waals surface area contributed by atoms with E-state index in [0.29, 0.717) is 11.3 Å². The van der Waals surface area contributed by atoms with E-state index in [1.54, 1.807) is 23.7 Å². The highest BCUT2D eigenvalue weighted by atomic mass is 32.2. The first-order valence-corrected chi connectivity index (χ1v) is 11.6. The van der Waals surface area contributed by atoms with E-state index in [-0.39, 0.29) is 23.5 Å². The molecule has 1 atom stereocenters. The summed E-state index contributed by atoms with van der Waals surface area (Å²) in [6.45, 7) is 0.256. The van der Waals surface area contributed by atoms with E-state index in [1.807, 2.05) is 0 Å². The molecule has 0 aliphatic carbocycles. The standard InChI is InChI=1S/C20H16FN5O3S2/c21-15-4-2-1-3-14(15)19(22)20(27)25-8-12-9-26(24-17(12)10-25)31(28,29)13-5-6-16-18(7-13)30-11-23-16/h1-7,9,11,19H,8,10,22H2/t19-/m1/s1. The van der Waals surface area contributed by atoms with Crippen LogP contribution in [-0.2, 0) is 27.9 Å². The van der Waals surface area contributed by atoms with Crippen LogP contribution in [-0.4, -0.2) is 33.4 Å². The third-order valence-corrected chi connectivity index (χ3v) is 7.54. The maximum Gasteiger partial charge on any atom is 0.283 e. The lowest BCUT2D eigenvalue weighted by atomic mass is 10.1. The number of nitrogens with two attached hydrogens (primary N) is 1. The molecule has 1 aliphatic rings. The van der Waals surface area contributed by atoms with Crippen LogP contribution < -0.4 is 5.73 Å². The molecule has 4 aromatic rings. The van der Waals surface area contributed by atoms with Crippen LogP contribution in [0.15, 0.2) is 59.1 Å². The van der Waals surface area contributed by atoms with Gasteiger partial charge in [0, 0.05) is 23.9 Å². The summed E-state index contributed by atoms with van der Waals surface area (Å²) in [7, 11) is -3.88. The molecule has 2 aromatic carbocycles. The number of amides is 1. The Morgan fingerprint density at radius 2 is 2.00 bits per heavy atom. The molecule has 31 heavy (non-hydrogen) atoms. The van der Waals surface area contributed by atoms with Gasteiger partial charge in [-0.3, -0.25) is 4.79 Å². The quantitative estimate of drug-likeness (QED) is 0.504. The number of aromatic nitrogens is 3. The fourth-order valence-corrected chi connectivity index (χ4v) is 5.55. The van der Waals surface area contributed by atoms with E-state index in [2.05, 4.69) is 10.1 Å². The van der Waals surface area contributed by atoms with Crippen LogP contribution >= 0.6 is 11.3 Å². The van der Waals surface area contributed by atoms with E-state index in [0.717, 1.165) is 14.3 Å². The van der Waals surface area contributed by atoms with Crippen molar-refractivity contribution in [2.24, 2.45) is 5.73 Å². The van der Waals surface area contributed by atoms with Gasteiger partial charge in [0.2, 0.25) is 5.91 Å². The minimum Gasteiger partial charge on any atom is -0.331 e. The van der Waals surface area contributed by atoms with Gasteiger partial charge < -0.3 is 10.6 Å². The van der Waals surface area contributed by atoms with Crippen LogP contribution in [0, 0.1) is 5.82 Å². The van der Waals surface area contributed by atoms with E-state index in [1.165, 1.54) is 46.7 Å². The van der Waals surface area contributed by atoms with Gasteiger partial charge in [0.1, 0.15) is 11.9 Å². The number of carbonyl (C=O) groups is 1. The zero-order chi connectivity index (χ0) is 21.8. The van der Waals surface area contributed by atoms with E-state index < -0.39 is 27.8 Å². The molecule has 2 N–H and O–H groups in total. The van der Waals surface area contributed by atoms with Crippen molar-refractivity contribution in [3.63, 3.8) is 0 Å². The van der Waals surface area contributed by atoms with Gasteiger partial charge in [-0.05, 0) is 24.3 Å². The van der Waals surface area contributed by atoms with Gasteiger partial charge in [0.05, 0.1) is 32.9 Å². The number of benzene rings is 2. The summed E-state index contributed by atoms with van der Waals surface area (Å²) in [6.07, 6.45) is 1.41. The lowest BCUT2D eigenvalue weighted by Gasteiger charge is -2.21. The van der Waals surface area contributed by atoms with Gasteiger partial charge in [0.15, 0.2) is 0 Å². The Hall–Kier alpha value is -3.15. The number of hydrogen-bond acceptors (Lipinski definition) is 7. The molecule has 0 bridgehead atoms. The Morgan fingerprint density at radius 1 is 1.19 bits per heavy atom. The molecule has 0 spiro atoms.